The minimum Gasteiger partial charge on any atom is -0.493 e. The molecule has 2 atom stereocenters. The van der Waals surface area contributed by atoms with Crippen molar-refractivity contribution in [3.63, 3.8) is 0 Å². The van der Waals surface area contributed by atoms with Crippen molar-refractivity contribution in [2.24, 2.45) is 0 Å². The number of benzene rings is 1. The van der Waals surface area contributed by atoms with Crippen LogP contribution < -0.4 is 10.1 Å². The van der Waals surface area contributed by atoms with Crippen LogP contribution in [0.1, 0.15) is 24.9 Å². The molecular formula is C13H17NO. The molecule has 0 aliphatic carbocycles. The Labute approximate surface area is 91.0 Å². The molecule has 0 bridgehead atoms. The summed E-state index contributed by atoms with van der Waals surface area (Å²) in [6.45, 7) is 6.69. The minimum absolute atomic E-state index is 0.334. The first kappa shape index (κ1) is 10.2. The fourth-order valence-electron chi connectivity index (χ4n) is 1.90. The normalized spacial score (nSPS) is 21.3. The molecule has 1 N–H and O–H groups in total. The van der Waals surface area contributed by atoms with Crippen LogP contribution in [-0.4, -0.2) is 12.6 Å². The lowest BCUT2D eigenvalue weighted by atomic mass is 10.00. The maximum Gasteiger partial charge on any atom is 0.124 e. The highest BCUT2D eigenvalue weighted by Crippen LogP contribution is 2.31. The summed E-state index contributed by atoms with van der Waals surface area (Å²) in [6, 6.07) is 8.95. The summed E-state index contributed by atoms with van der Waals surface area (Å²) in [5, 5.41) is 3.53. The van der Waals surface area contributed by atoms with Crippen LogP contribution in [0.25, 0.3) is 0 Å². The Morgan fingerprint density at radius 1 is 1.53 bits per heavy atom. The van der Waals surface area contributed by atoms with Gasteiger partial charge in [-0.25, -0.2) is 0 Å². The van der Waals surface area contributed by atoms with Crippen LogP contribution in [0.5, 0.6) is 5.75 Å². The summed E-state index contributed by atoms with van der Waals surface area (Å²) in [7, 11) is 0. The van der Waals surface area contributed by atoms with E-state index >= 15 is 0 Å². The van der Waals surface area contributed by atoms with Gasteiger partial charge in [0.25, 0.3) is 0 Å². The summed E-state index contributed by atoms with van der Waals surface area (Å²) in [5.41, 5.74) is 1.26. The lowest BCUT2D eigenvalue weighted by molar-refractivity contribution is 0.250. The lowest BCUT2D eigenvalue weighted by Crippen LogP contribution is -2.32. The number of rotatable bonds is 3. The van der Waals surface area contributed by atoms with E-state index in [2.05, 4.69) is 31.0 Å². The molecule has 0 saturated carbocycles. The quantitative estimate of drug-likeness (QED) is 0.763. The monoisotopic (exact) mass is 203 g/mol. The average molecular weight is 203 g/mol. The molecule has 0 spiro atoms. The molecule has 1 aliphatic heterocycles. The summed E-state index contributed by atoms with van der Waals surface area (Å²) >= 11 is 0. The molecule has 0 aromatic heterocycles. The van der Waals surface area contributed by atoms with Gasteiger partial charge in [-0.05, 0) is 13.0 Å². The zero-order valence-electron chi connectivity index (χ0n) is 9.07. The van der Waals surface area contributed by atoms with Crippen LogP contribution in [0.4, 0.5) is 0 Å². The van der Waals surface area contributed by atoms with Crippen LogP contribution in [0.2, 0.25) is 0 Å². The zero-order chi connectivity index (χ0) is 10.7. The first-order chi connectivity index (χ1) is 7.31. The average Bonchev–Trinajstić information content (AvgIpc) is 2.29. The second-order valence-corrected chi connectivity index (χ2v) is 3.92. The highest BCUT2D eigenvalue weighted by atomic mass is 16.5. The summed E-state index contributed by atoms with van der Waals surface area (Å²) in [5.74, 6) is 1.01. The van der Waals surface area contributed by atoms with Gasteiger partial charge in [0.15, 0.2) is 0 Å². The Kier molecular flexibility index (Phi) is 3.07. The van der Waals surface area contributed by atoms with E-state index in [1.54, 1.807) is 0 Å². The van der Waals surface area contributed by atoms with Crippen molar-refractivity contribution in [3.8, 4) is 5.75 Å². The van der Waals surface area contributed by atoms with Crippen molar-refractivity contribution in [1.82, 2.24) is 5.32 Å². The van der Waals surface area contributed by atoms with Crippen molar-refractivity contribution in [1.29, 1.82) is 0 Å². The topological polar surface area (TPSA) is 21.3 Å². The van der Waals surface area contributed by atoms with Crippen LogP contribution in [0, 0.1) is 0 Å². The standard InChI is InChI=1S/C13H17NO/c1-3-10(2)14-12-8-9-15-13-7-5-4-6-11(12)13/h3-7,10,12,14H,1,8-9H2,2H3. The maximum absolute atomic E-state index is 5.60. The van der Waals surface area contributed by atoms with Gasteiger partial charge in [-0.2, -0.15) is 0 Å². The number of fused-ring (bicyclic) bond motifs is 1. The van der Waals surface area contributed by atoms with E-state index in [0.717, 1.165) is 18.8 Å². The Bertz CT molecular complexity index is 348. The van der Waals surface area contributed by atoms with Crippen LogP contribution in [0.15, 0.2) is 36.9 Å². The molecular weight excluding hydrogens is 186 g/mol. The van der Waals surface area contributed by atoms with Crippen LogP contribution in [-0.2, 0) is 0 Å². The first-order valence-electron chi connectivity index (χ1n) is 5.41. The second kappa shape index (κ2) is 4.49. The number of para-hydroxylation sites is 1. The Morgan fingerprint density at radius 2 is 2.33 bits per heavy atom. The minimum atomic E-state index is 0.334. The van der Waals surface area contributed by atoms with Crippen LogP contribution in [0.3, 0.4) is 0 Å². The molecule has 1 aromatic carbocycles. The number of ether oxygens (including phenoxy) is 1. The van der Waals surface area contributed by atoms with Gasteiger partial charge in [0, 0.05) is 24.1 Å². The molecule has 0 fully saturated rings. The Balaban J connectivity index is 2.18. The summed E-state index contributed by atoms with van der Waals surface area (Å²) in [6.07, 6.45) is 2.95. The van der Waals surface area contributed by atoms with Gasteiger partial charge in [-0.1, -0.05) is 24.3 Å². The van der Waals surface area contributed by atoms with Gasteiger partial charge in [0.05, 0.1) is 6.61 Å². The third kappa shape index (κ3) is 2.21. The van der Waals surface area contributed by atoms with Gasteiger partial charge < -0.3 is 10.1 Å². The van der Waals surface area contributed by atoms with Gasteiger partial charge in [-0.15, -0.1) is 6.58 Å². The predicted octanol–water partition coefficient (Wildman–Crippen LogP) is 2.67. The lowest BCUT2D eigenvalue weighted by Gasteiger charge is -2.28. The fraction of sp³-hybridized carbons (Fsp3) is 0.385. The third-order valence-corrected chi connectivity index (χ3v) is 2.78. The first-order valence-corrected chi connectivity index (χ1v) is 5.41. The molecule has 1 aliphatic rings. The molecule has 2 nitrogen and oxygen atoms in total. The van der Waals surface area contributed by atoms with Gasteiger partial charge in [0.1, 0.15) is 5.75 Å². The summed E-state index contributed by atoms with van der Waals surface area (Å²) in [4.78, 5) is 0. The van der Waals surface area contributed by atoms with Crippen molar-refractivity contribution >= 4 is 0 Å². The highest BCUT2D eigenvalue weighted by molar-refractivity contribution is 5.37. The smallest absolute Gasteiger partial charge is 0.124 e. The fourth-order valence-corrected chi connectivity index (χ4v) is 1.90. The van der Waals surface area contributed by atoms with E-state index in [-0.39, 0.29) is 0 Å². The molecule has 1 aromatic rings. The molecule has 80 valence electrons. The van der Waals surface area contributed by atoms with E-state index in [1.165, 1.54) is 5.56 Å². The largest absolute Gasteiger partial charge is 0.493 e. The highest BCUT2D eigenvalue weighted by Gasteiger charge is 2.21. The SMILES string of the molecule is C=CC(C)NC1CCOc2ccccc21. The summed E-state index contributed by atoms with van der Waals surface area (Å²) < 4.78 is 5.60. The van der Waals surface area contributed by atoms with E-state index in [1.807, 2.05) is 18.2 Å². The van der Waals surface area contributed by atoms with Gasteiger partial charge >= 0.3 is 0 Å². The molecule has 2 heteroatoms. The van der Waals surface area contributed by atoms with E-state index in [0.29, 0.717) is 12.1 Å². The van der Waals surface area contributed by atoms with Crippen molar-refractivity contribution < 1.29 is 4.74 Å². The Hall–Kier alpha value is -1.28. The second-order valence-electron chi connectivity index (χ2n) is 3.92. The number of hydrogen-bond acceptors (Lipinski definition) is 2. The predicted molar refractivity (Wildman–Crippen MR) is 62.1 cm³/mol. The molecule has 2 unspecified atom stereocenters. The molecule has 1 heterocycles. The number of hydrogen-bond donors (Lipinski definition) is 1. The van der Waals surface area contributed by atoms with E-state index < -0.39 is 0 Å². The Morgan fingerprint density at radius 3 is 3.13 bits per heavy atom. The van der Waals surface area contributed by atoms with E-state index in [4.69, 9.17) is 4.74 Å². The zero-order valence-corrected chi connectivity index (χ0v) is 9.07. The van der Waals surface area contributed by atoms with Crippen molar-refractivity contribution in [2.45, 2.75) is 25.4 Å². The van der Waals surface area contributed by atoms with Gasteiger partial charge in [0.2, 0.25) is 0 Å². The molecule has 0 saturated heterocycles. The third-order valence-electron chi connectivity index (χ3n) is 2.78. The van der Waals surface area contributed by atoms with Gasteiger partial charge in [-0.3, -0.25) is 0 Å². The molecule has 2 rings (SSSR count). The molecule has 0 amide bonds. The maximum atomic E-state index is 5.60. The van der Waals surface area contributed by atoms with Crippen molar-refractivity contribution in [2.75, 3.05) is 6.61 Å². The van der Waals surface area contributed by atoms with Crippen molar-refractivity contribution in [3.05, 3.63) is 42.5 Å². The number of nitrogens with one attached hydrogen (secondary N) is 1. The van der Waals surface area contributed by atoms with Crippen LogP contribution >= 0.6 is 0 Å². The molecule has 0 radical (unpaired) electrons. The molecule has 15 heavy (non-hydrogen) atoms. The van der Waals surface area contributed by atoms with E-state index in [9.17, 15) is 0 Å².